The number of rotatable bonds is 7. The molecule has 0 saturated carbocycles. The van der Waals surface area contributed by atoms with Gasteiger partial charge in [-0.15, -0.1) is 0 Å². The largest absolute Gasteiger partial charge is 0.352 e. The molecule has 2 aromatic rings. The topological polar surface area (TPSA) is 85.8 Å². The highest BCUT2D eigenvalue weighted by Crippen LogP contribution is 2.19. The molecule has 1 fully saturated rings. The lowest BCUT2D eigenvalue weighted by molar-refractivity contribution is -0.116. The predicted molar refractivity (Wildman–Crippen MR) is 123 cm³/mol. The summed E-state index contributed by atoms with van der Waals surface area (Å²) in [6, 6.07) is 7.94. The van der Waals surface area contributed by atoms with Crippen LogP contribution in [0.5, 0.6) is 0 Å². The first-order chi connectivity index (χ1) is 14.6. The van der Waals surface area contributed by atoms with E-state index in [1.54, 1.807) is 0 Å². The molecule has 1 aromatic heterocycles. The van der Waals surface area contributed by atoms with Gasteiger partial charge in [-0.2, -0.15) is 4.37 Å². The average Bonchev–Trinajstić information content (AvgIpc) is 3.24. The highest BCUT2D eigenvalue weighted by Gasteiger charge is 2.22. The van der Waals surface area contributed by atoms with Crippen LogP contribution in [0.2, 0.25) is 0 Å². The molecular weight excluding hydrogens is 398 g/mol. The molecule has 1 amide bonds. The van der Waals surface area contributed by atoms with Crippen molar-refractivity contribution in [1.82, 2.24) is 19.6 Å². The van der Waals surface area contributed by atoms with Gasteiger partial charge in [-0.3, -0.25) is 9.79 Å². The molecular formula is C21H31N7OS. The van der Waals surface area contributed by atoms with Crippen molar-refractivity contribution in [3.8, 4) is 0 Å². The highest BCUT2D eigenvalue weighted by atomic mass is 32.1. The summed E-state index contributed by atoms with van der Waals surface area (Å²) in [5.74, 6) is 1.86. The maximum atomic E-state index is 11.8. The van der Waals surface area contributed by atoms with E-state index in [2.05, 4.69) is 47.8 Å². The fourth-order valence-corrected chi connectivity index (χ4v) is 4.15. The Kier molecular flexibility index (Phi) is 8.01. The normalized spacial score (nSPS) is 14.7. The third-order valence-corrected chi connectivity index (χ3v) is 5.79. The van der Waals surface area contributed by atoms with E-state index in [4.69, 9.17) is 0 Å². The maximum Gasteiger partial charge on any atom is 0.224 e. The van der Waals surface area contributed by atoms with Crippen LogP contribution in [0.3, 0.4) is 0 Å². The fourth-order valence-electron chi connectivity index (χ4n) is 3.35. The van der Waals surface area contributed by atoms with Gasteiger partial charge in [0, 0.05) is 69.8 Å². The summed E-state index contributed by atoms with van der Waals surface area (Å²) in [4.78, 5) is 25.4. The van der Waals surface area contributed by atoms with Crippen molar-refractivity contribution in [2.45, 2.75) is 39.7 Å². The summed E-state index contributed by atoms with van der Waals surface area (Å²) in [5, 5.41) is 7.41. The molecule has 1 aromatic carbocycles. The zero-order chi connectivity index (χ0) is 21.3. The number of carbonyl (C=O) groups excluding carboxylic acids is 1. The minimum atomic E-state index is 0.0535. The molecule has 0 aliphatic carbocycles. The van der Waals surface area contributed by atoms with Gasteiger partial charge in [-0.1, -0.05) is 26.0 Å². The number of benzene rings is 1. The number of guanidine groups is 1. The van der Waals surface area contributed by atoms with E-state index in [0.29, 0.717) is 13.0 Å². The Balaban J connectivity index is 1.51. The second-order valence-corrected chi connectivity index (χ2v) is 7.95. The Morgan fingerprint density at radius 1 is 1.23 bits per heavy atom. The van der Waals surface area contributed by atoms with Crippen molar-refractivity contribution in [1.29, 1.82) is 0 Å². The first kappa shape index (κ1) is 22.0. The van der Waals surface area contributed by atoms with Crippen LogP contribution in [0.25, 0.3) is 0 Å². The number of aryl methyl sites for hydroxylation is 1. The number of carbonyl (C=O) groups is 1. The van der Waals surface area contributed by atoms with Gasteiger partial charge < -0.3 is 20.4 Å². The molecule has 9 heteroatoms. The summed E-state index contributed by atoms with van der Waals surface area (Å²) in [5.41, 5.74) is 1.94. The van der Waals surface area contributed by atoms with Crippen LogP contribution in [-0.4, -0.2) is 59.4 Å². The van der Waals surface area contributed by atoms with E-state index >= 15 is 0 Å². The van der Waals surface area contributed by atoms with Crippen LogP contribution in [0.1, 0.15) is 38.1 Å². The van der Waals surface area contributed by atoms with Crippen LogP contribution in [0.4, 0.5) is 10.8 Å². The monoisotopic (exact) mass is 429 g/mol. The molecule has 0 radical (unpaired) electrons. The molecule has 1 saturated heterocycles. The highest BCUT2D eigenvalue weighted by molar-refractivity contribution is 7.09. The van der Waals surface area contributed by atoms with E-state index in [1.807, 2.05) is 32.2 Å². The van der Waals surface area contributed by atoms with Crippen molar-refractivity contribution in [3.63, 3.8) is 0 Å². The molecule has 3 rings (SSSR count). The number of hydrogen-bond donors (Lipinski definition) is 2. The molecule has 30 heavy (non-hydrogen) atoms. The Hall–Kier alpha value is -2.68. The summed E-state index contributed by atoms with van der Waals surface area (Å²) < 4.78 is 4.39. The van der Waals surface area contributed by atoms with E-state index in [-0.39, 0.29) is 5.91 Å². The minimum Gasteiger partial charge on any atom is -0.352 e. The van der Waals surface area contributed by atoms with Gasteiger partial charge in [-0.05, 0) is 24.1 Å². The van der Waals surface area contributed by atoms with Crippen LogP contribution in [0, 0.1) is 0 Å². The number of nitrogens with one attached hydrogen (secondary N) is 2. The number of nitrogens with zero attached hydrogens (tertiary/aromatic N) is 5. The first-order valence-electron chi connectivity index (χ1n) is 10.5. The van der Waals surface area contributed by atoms with Gasteiger partial charge in [0.15, 0.2) is 5.96 Å². The van der Waals surface area contributed by atoms with Crippen LogP contribution in [0.15, 0.2) is 29.3 Å². The lowest BCUT2D eigenvalue weighted by Crippen LogP contribution is -2.52. The summed E-state index contributed by atoms with van der Waals surface area (Å²) >= 11 is 1.48. The Morgan fingerprint density at radius 2 is 2.03 bits per heavy atom. The Bertz CT molecular complexity index is 859. The number of piperazine rings is 1. The number of hydrogen-bond acceptors (Lipinski definition) is 6. The van der Waals surface area contributed by atoms with Crippen LogP contribution in [-0.2, 0) is 17.8 Å². The zero-order valence-electron chi connectivity index (χ0n) is 18.0. The van der Waals surface area contributed by atoms with Gasteiger partial charge in [0.05, 0.1) is 0 Å². The lowest BCUT2D eigenvalue weighted by atomic mass is 10.2. The molecule has 0 bridgehead atoms. The quantitative estimate of drug-likeness (QED) is 0.520. The zero-order valence-corrected chi connectivity index (χ0v) is 18.8. The van der Waals surface area contributed by atoms with E-state index in [0.717, 1.165) is 67.2 Å². The standard InChI is InChI=1S/C21H31N7OS/c1-4-7-19(29)24-17-9-6-8-16(14-17)15-23-20(22-3)27-10-12-28(13-11-27)21-25-18(5-2)26-30-21/h6,8-9,14H,4-5,7,10-13,15H2,1-3H3,(H,22,23)(H,24,29). The van der Waals surface area contributed by atoms with E-state index in [9.17, 15) is 4.79 Å². The second-order valence-electron chi connectivity index (χ2n) is 7.22. The third-order valence-electron chi connectivity index (χ3n) is 4.97. The smallest absolute Gasteiger partial charge is 0.224 e. The van der Waals surface area contributed by atoms with Gasteiger partial charge in [0.25, 0.3) is 0 Å². The number of aliphatic imine (C=N–C) groups is 1. The summed E-state index contributed by atoms with van der Waals surface area (Å²) in [6.45, 7) is 8.30. The molecule has 162 valence electrons. The van der Waals surface area contributed by atoms with Crippen molar-refractivity contribution >= 4 is 34.2 Å². The maximum absolute atomic E-state index is 11.8. The number of anilines is 2. The Morgan fingerprint density at radius 3 is 2.70 bits per heavy atom. The first-order valence-corrected chi connectivity index (χ1v) is 11.3. The molecule has 2 heterocycles. The molecule has 0 atom stereocenters. The van der Waals surface area contributed by atoms with Crippen molar-refractivity contribution in [2.75, 3.05) is 43.4 Å². The van der Waals surface area contributed by atoms with Gasteiger partial charge >= 0.3 is 0 Å². The van der Waals surface area contributed by atoms with Crippen LogP contribution < -0.4 is 15.5 Å². The van der Waals surface area contributed by atoms with Crippen molar-refractivity contribution in [2.24, 2.45) is 4.99 Å². The summed E-state index contributed by atoms with van der Waals surface area (Å²) in [7, 11) is 1.81. The van der Waals surface area contributed by atoms with Gasteiger partial charge in [0.1, 0.15) is 5.82 Å². The molecule has 0 unspecified atom stereocenters. The van der Waals surface area contributed by atoms with E-state index in [1.165, 1.54) is 11.5 Å². The average molecular weight is 430 g/mol. The SMILES string of the molecule is CCCC(=O)Nc1cccc(CNC(=NC)N2CCN(c3nc(CC)ns3)CC2)c1. The molecule has 1 aliphatic heterocycles. The minimum absolute atomic E-state index is 0.0535. The third kappa shape index (κ3) is 5.91. The molecule has 2 N–H and O–H groups in total. The van der Waals surface area contributed by atoms with Gasteiger partial charge in [-0.25, -0.2) is 4.98 Å². The molecule has 1 aliphatic rings. The van der Waals surface area contributed by atoms with Gasteiger partial charge in [0.2, 0.25) is 11.0 Å². The van der Waals surface area contributed by atoms with Crippen LogP contribution >= 0.6 is 11.5 Å². The molecule has 0 spiro atoms. The number of amides is 1. The van der Waals surface area contributed by atoms with Crippen molar-refractivity contribution < 1.29 is 4.79 Å². The van der Waals surface area contributed by atoms with Crippen molar-refractivity contribution in [3.05, 3.63) is 35.7 Å². The summed E-state index contributed by atoms with van der Waals surface area (Å²) in [6.07, 6.45) is 2.25. The second kappa shape index (κ2) is 10.9. The Labute approximate surface area is 182 Å². The molecule has 8 nitrogen and oxygen atoms in total. The number of aromatic nitrogens is 2. The van der Waals surface area contributed by atoms with E-state index < -0.39 is 0 Å². The lowest BCUT2D eigenvalue weighted by Gasteiger charge is -2.36. The predicted octanol–water partition coefficient (Wildman–Crippen LogP) is 2.74. The fraction of sp³-hybridized carbons (Fsp3) is 0.524.